The number of hydrogen-bond acceptors (Lipinski definition) is 6. The van der Waals surface area contributed by atoms with Crippen molar-refractivity contribution < 1.29 is 9.85 Å². The number of non-ortho nitro benzene ring substituents is 1. The molecule has 0 unspecified atom stereocenters. The molecule has 0 fully saturated rings. The molecule has 0 bridgehead atoms. The third-order valence-corrected chi connectivity index (χ3v) is 4.51. The lowest BCUT2D eigenvalue weighted by atomic mass is 10.0. The Balaban J connectivity index is 2.08. The average Bonchev–Trinajstić information content (AvgIpc) is 2.70. The maximum atomic E-state index is 11.3. The topological polar surface area (TPSA) is 111 Å². The summed E-state index contributed by atoms with van der Waals surface area (Å²) < 4.78 is 0. The van der Waals surface area contributed by atoms with Gasteiger partial charge in [-0.2, -0.15) is 5.10 Å². The van der Waals surface area contributed by atoms with Crippen LogP contribution in [0, 0.1) is 20.2 Å². The van der Waals surface area contributed by atoms with E-state index in [-0.39, 0.29) is 5.69 Å². The molecule has 0 atom stereocenters. The summed E-state index contributed by atoms with van der Waals surface area (Å²) in [7, 11) is 0. The second-order valence-corrected chi connectivity index (χ2v) is 6.62. The lowest BCUT2D eigenvalue weighted by molar-refractivity contribution is -0.393. The molecule has 1 N–H and O–H groups in total. The van der Waals surface area contributed by atoms with Gasteiger partial charge in [-0.3, -0.25) is 25.7 Å². The van der Waals surface area contributed by atoms with Crippen molar-refractivity contribution in [3.8, 4) is 0 Å². The number of benzene rings is 3. The van der Waals surface area contributed by atoms with Crippen molar-refractivity contribution in [1.29, 1.82) is 0 Å². The highest BCUT2D eigenvalue weighted by Crippen LogP contribution is 2.29. The van der Waals surface area contributed by atoms with Crippen LogP contribution in [0.3, 0.4) is 0 Å². The molecule has 146 valence electrons. The first kappa shape index (κ1) is 20.2. The fraction of sp³-hybridized carbons (Fsp3) is 0. The summed E-state index contributed by atoms with van der Waals surface area (Å²) in [6.07, 6.45) is 0. The molecule has 3 rings (SSSR count). The van der Waals surface area contributed by atoms with Gasteiger partial charge in [0, 0.05) is 22.2 Å². The first-order valence-electron chi connectivity index (χ1n) is 8.14. The van der Waals surface area contributed by atoms with E-state index in [1.165, 1.54) is 6.07 Å². The molecular formula is C19H12Cl2N4O4. The van der Waals surface area contributed by atoms with E-state index in [4.69, 9.17) is 23.2 Å². The summed E-state index contributed by atoms with van der Waals surface area (Å²) in [5.41, 5.74) is 3.44. The summed E-state index contributed by atoms with van der Waals surface area (Å²) in [6.45, 7) is 0. The van der Waals surface area contributed by atoms with E-state index >= 15 is 0 Å². The molecule has 0 saturated heterocycles. The summed E-state index contributed by atoms with van der Waals surface area (Å²) in [5, 5.41) is 27.5. The van der Waals surface area contributed by atoms with E-state index in [2.05, 4.69) is 10.5 Å². The molecule has 0 radical (unpaired) electrons. The van der Waals surface area contributed by atoms with Crippen molar-refractivity contribution in [2.45, 2.75) is 0 Å². The van der Waals surface area contributed by atoms with Crippen LogP contribution in [0.2, 0.25) is 10.0 Å². The Labute approximate surface area is 174 Å². The summed E-state index contributed by atoms with van der Waals surface area (Å²) in [5.74, 6) is 0. The Morgan fingerprint density at radius 3 is 2.21 bits per heavy atom. The number of rotatable bonds is 6. The number of nitrogens with one attached hydrogen (secondary N) is 1. The van der Waals surface area contributed by atoms with E-state index in [0.717, 1.165) is 12.1 Å². The van der Waals surface area contributed by atoms with Crippen LogP contribution in [0.1, 0.15) is 11.1 Å². The molecule has 0 aliphatic rings. The Hall–Kier alpha value is -3.49. The standard InChI is InChI=1S/C19H12Cl2N4O4/c20-13-7-5-12(6-8-13)19(15-3-1-2-4-16(15)21)23-22-17-10-9-14(24(26)27)11-18(17)25(28)29/h1-11,22H/b23-19+. The molecule has 0 saturated carbocycles. The zero-order valence-electron chi connectivity index (χ0n) is 14.6. The first-order valence-corrected chi connectivity index (χ1v) is 8.90. The molecule has 3 aromatic carbocycles. The van der Waals surface area contributed by atoms with Crippen molar-refractivity contribution in [1.82, 2.24) is 0 Å². The Bertz CT molecular complexity index is 1120. The van der Waals surface area contributed by atoms with Gasteiger partial charge < -0.3 is 0 Å². The second-order valence-electron chi connectivity index (χ2n) is 5.77. The van der Waals surface area contributed by atoms with Crippen LogP contribution < -0.4 is 5.43 Å². The molecule has 8 nitrogen and oxygen atoms in total. The highest BCUT2D eigenvalue weighted by Gasteiger charge is 2.20. The van der Waals surface area contributed by atoms with Crippen LogP contribution in [0.5, 0.6) is 0 Å². The van der Waals surface area contributed by atoms with Crippen LogP contribution in [0.25, 0.3) is 0 Å². The first-order chi connectivity index (χ1) is 13.9. The summed E-state index contributed by atoms with van der Waals surface area (Å²) in [6, 6.07) is 17.1. The third kappa shape index (κ3) is 4.68. The van der Waals surface area contributed by atoms with Gasteiger partial charge in [-0.15, -0.1) is 0 Å². The molecule has 3 aromatic rings. The molecule has 0 aliphatic carbocycles. The minimum atomic E-state index is -0.720. The Morgan fingerprint density at radius 1 is 0.897 bits per heavy atom. The quantitative estimate of drug-likeness (QED) is 0.307. The van der Waals surface area contributed by atoms with E-state index in [1.807, 2.05) is 0 Å². The second kappa shape index (κ2) is 8.68. The molecule has 29 heavy (non-hydrogen) atoms. The largest absolute Gasteiger partial charge is 0.301 e. The number of hydrazone groups is 1. The summed E-state index contributed by atoms with van der Waals surface area (Å²) in [4.78, 5) is 20.8. The van der Waals surface area contributed by atoms with Gasteiger partial charge in [0.25, 0.3) is 5.69 Å². The van der Waals surface area contributed by atoms with Crippen LogP contribution >= 0.6 is 23.2 Å². The van der Waals surface area contributed by atoms with Crippen LogP contribution in [0.4, 0.5) is 17.1 Å². The number of halogens is 2. The van der Waals surface area contributed by atoms with Crippen LogP contribution in [-0.2, 0) is 0 Å². The fourth-order valence-corrected chi connectivity index (χ4v) is 2.89. The SMILES string of the molecule is O=[N+]([O-])c1ccc(N/N=C(\c2ccc(Cl)cc2)c2ccccc2Cl)c([N+](=O)[O-])c1. The van der Waals surface area contributed by atoms with Gasteiger partial charge in [0.1, 0.15) is 5.69 Å². The third-order valence-electron chi connectivity index (χ3n) is 3.92. The van der Waals surface area contributed by atoms with Gasteiger partial charge in [-0.1, -0.05) is 53.5 Å². The number of anilines is 1. The molecule has 0 spiro atoms. The lowest BCUT2D eigenvalue weighted by Crippen LogP contribution is -2.08. The van der Waals surface area contributed by atoms with Gasteiger partial charge in [0.05, 0.1) is 26.6 Å². The van der Waals surface area contributed by atoms with E-state index in [1.54, 1.807) is 48.5 Å². The number of hydrogen-bond donors (Lipinski definition) is 1. The van der Waals surface area contributed by atoms with Gasteiger partial charge >= 0.3 is 5.69 Å². The van der Waals surface area contributed by atoms with Crippen molar-refractivity contribution in [2.24, 2.45) is 5.10 Å². The van der Waals surface area contributed by atoms with Gasteiger partial charge in [0.15, 0.2) is 0 Å². The predicted octanol–water partition coefficient (Wildman–Crippen LogP) is 5.67. The van der Waals surface area contributed by atoms with Crippen molar-refractivity contribution >= 4 is 46.0 Å². The number of nitrogens with zero attached hydrogens (tertiary/aromatic N) is 3. The molecule has 0 heterocycles. The zero-order valence-corrected chi connectivity index (χ0v) is 16.1. The van der Waals surface area contributed by atoms with Gasteiger partial charge in [-0.05, 0) is 24.3 Å². The maximum Gasteiger partial charge on any atom is 0.301 e. The Morgan fingerprint density at radius 2 is 1.59 bits per heavy atom. The van der Waals surface area contributed by atoms with Crippen LogP contribution in [-0.4, -0.2) is 15.6 Å². The fourth-order valence-electron chi connectivity index (χ4n) is 2.54. The molecule has 0 aromatic heterocycles. The Kier molecular flexibility index (Phi) is 6.06. The highest BCUT2D eigenvalue weighted by molar-refractivity contribution is 6.35. The number of nitro groups is 2. The number of nitro benzene ring substituents is 2. The van der Waals surface area contributed by atoms with Crippen molar-refractivity contribution in [3.05, 3.63) is 108 Å². The smallest absolute Gasteiger partial charge is 0.271 e. The minimum Gasteiger partial charge on any atom is -0.271 e. The molecule has 0 aliphatic heterocycles. The average molecular weight is 431 g/mol. The maximum absolute atomic E-state index is 11.3. The van der Waals surface area contributed by atoms with E-state index in [0.29, 0.717) is 26.9 Å². The van der Waals surface area contributed by atoms with Gasteiger partial charge in [0.2, 0.25) is 0 Å². The van der Waals surface area contributed by atoms with E-state index in [9.17, 15) is 20.2 Å². The normalized spacial score (nSPS) is 11.2. The van der Waals surface area contributed by atoms with Gasteiger partial charge in [-0.25, -0.2) is 0 Å². The monoisotopic (exact) mass is 430 g/mol. The molecule has 10 heteroatoms. The van der Waals surface area contributed by atoms with E-state index < -0.39 is 21.2 Å². The minimum absolute atomic E-state index is 0.000817. The zero-order chi connectivity index (χ0) is 21.0. The van der Waals surface area contributed by atoms with Crippen molar-refractivity contribution in [3.63, 3.8) is 0 Å². The van der Waals surface area contributed by atoms with Crippen LogP contribution in [0.15, 0.2) is 71.8 Å². The predicted molar refractivity (Wildman–Crippen MR) is 112 cm³/mol. The molecule has 0 amide bonds. The highest BCUT2D eigenvalue weighted by atomic mass is 35.5. The lowest BCUT2D eigenvalue weighted by Gasteiger charge is -2.10. The summed E-state index contributed by atoms with van der Waals surface area (Å²) >= 11 is 12.3. The molecular weight excluding hydrogens is 419 g/mol. The van der Waals surface area contributed by atoms with Crippen molar-refractivity contribution in [2.75, 3.05) is 5.43 Å².